The van der Waals surface area contributed by atoms with Gasteiger partial charge in [-0.2, -0.15) is 0 Å². The highest BCUT2D eigenvalue weighted by Crippen LogP contribution is 2.24. The van der Waals surface area contributed by atoms with Crippen LogP contribution in [0.15, 0.2) is 18.2 Å². The van der Waals surface area contributed by atoms with Crippen LogP contribution in [0.1, 0.15) is 17.2 Å². The monoisotopic (exact) mass is 243 g/mol. The summed E-state index contributed by atoms with van der Waals surface area (Å²) in [5, 5.41) is 2.75. The van der Waals surface area contributed by atoms with Crippen LogP contribution in [0.5, 0.6) is 5.75 Å². The molecule has 0 unspecified atom stereocenters. The van der Waals surface area contributed by atoms with Gasteiger partial charge in [0.25, 0.3) is 0 Å². The van der Waals surface area contributed by atoms with Gasteiger partial charge in [0, 0.05) is 0 Å². The Balaban J connectivity index is 0.00000128. The molecule has 0 bridgehead atoms. The van der Waals surface area contributed by atoms with Gasteiger partial charge in [0.2, 0.25) is 0 Å². The summed E-state index contributed by atoms with van der Waals surface area (Å²) in [6.07, 6.45) is -0.352. The third-order valence-corrected chi connectivity index (χ3v) is 2.53. The number of benzene rings is 1. The van der Waals surface area contributed by atoms with Crippen LogP contribution >= 0.6 is 12.4 Å². The van der Waals surface area contributed by atoms with Crippen molar-refractivity contribution in [3.8, 4) is 5.75 Å². The minimum Gasteiger partial charge on any atom is -0.497 e. The van der Waals surface area contributed by atoms with E-state index in [1.54, 1.807) is 7.11 Å². The molecule has 0 aromatic heterocycles. The molecule has 0 radical (unpaired) electrons. The Morgan fingerprint density at radius 1 is 1.50 bits per heavy atom. The van der Waals surface area contributed by atoms with Crippen molar-refractivity contribution in [2.45, 2.75) is 13.0 Å². The fraction of sp³-hybridized carbons (Fsp3) is 0.364. The summed E-state index contributed by atoms with van der Waals surface area (Å²) < 4.78 is 9.97. The zero-order valence-electron chi connectivity index (χ0n) is 9.15. The number of amides is 1. The molecule has 1 amide bonds. The number of cyclic esters (lactones) is 1. The second kappa shape index (κ2) is 5.07. The largest absolute Gasteiger partial charge is 0.497 e. The van der Waals surface area contributed by atoms with Crippen LogP contribution in [0, 0.1) is 6.92 Å². The highest BCUT2D eigenvalue weighted by atomic mass is 35.5. The normalized spacial score (nSPS) is 18.4. The van der Waals surface area contributed by atoms with Gasteiger partial charge < -0.3 is 14.8 Å². The second-order valence-electron chi connectivity index (χ2n) is 3.52. The topological polar surface area (TPSA) is 47.6 Å². The van der Waals surface area contributed by atoms with Gasteiger partial charge >= 0.3 is 6.09 Å². The molecular weight excluding hydrogens is 230 g/mol. The third kappa shape index (κ3) is 2.39. The molecule has 2 rings (SSSR count). The number of ether oxygens (including phenoxy) is 2. The fourth-order valence-corrected chi connectivity index (χ4v) is 1.72. The van der Waals surface area contributed by atoms with Crippen molar-refractivity contribution < 1.29 is 14.3 Å². The Labute approximate surface area is 100 Å². The minimum atomic E-state index is -0.352. The maximum atomic E-state index is 10.9. The first kappa shape index (κ1) is 12.6. The summed E-state index contributed by atoms with van der Waals surface area (Å²) in [5.41, 5.74) is 2.16. The van der Waals surface area contributed by atoms with E-state index in [-0.39, 0.29) is 24.5 Å². The molecule has 0 spiro atoms. The molecule has 1 saturated heterocycles. The van der Waals surface area contributed by atoms with Gasteiger partial charge in [0.15, 0.2) is 0 Å². The number of nitrogens with one attached hydrogen (secondary N) is 1. The lowest BCUT2D eigenvalue weighted by molar-refractivity contribution is 0.177. The third-order valence-electron chi connectivity index (χ3n) is 2.53. The first-order valence-corrected chi connectivity index (χ1v) is 4.78. The molecule has 1 atom stereocenters. The number of alkyl carbamates (subject to hydrolysis) is 1. The van der Waals surface area contributed by atoms with Crippen molar-refractivity contribution >= 4 is 18.5 Å². The molecule has 16 heavy (non-hydrogen) atoms. The quantitative estimate of drug-likeness (QED) is 0.866. The fourth-order valence-electron chi connectivity index (χ4n) is 1.72. The summed E-state index contributed by atoms with van der Waals surface area (Å²) in [6.45, 7) is 2.38. The van der Waals surface area contributed by atoms with Crippen molar-refractivity contribution in [1.29, 1.82) is 0 Å². The molecule has 1 aromatic carbocycles. The van der Waals surface area contributed by atoms with Gasteiger partial charge in [-0.1, -0.05) is 6.07 Å². The molecule has 1 heterocycles. The van der Waals surface area contributed by atoms with Crippen LogP contribution in [0.4, 0.5) is 4.79 Å². The van der Waals surface area contributed by atoms with Crippen LogP contribution in [0.2, 0.25) is 0 Å². The Morgan fingerprint density at radius 2 is 2.25 bits per heavy atom. The molecular formula is C11H14ClNO3. The number of hydrogen-bond donors (Lipinski definition) is 1. The maximum absolute atomic E-state index is 10.9. The number of halogens is 1. The van der Waals surface area contributed by atoms with E-state index in [1.807, 2.05) is 25.1 Å². The molecule has 1 N–H and O–H groups in total. The van der Waals surface area contributed by atoms with Gasteiger partial charge in [-0.3, -0.25) is 0 Å². The van der Waals surface area contributed by atoms with Gasteiger partial charge in [0.1, 0.15) is 12.4 Å². The zero-order valence-corrected chi connectivity index (χ0v) is 9.97. The van der Waals surface area contributed by atoms with Gasteiger partial charge in [-0.15, -0.1) is 12.4 Å². The Kier molecular flexibility index (Phi) is 4.01. The van der Waals surface area contributed by atoms with Crippen LogP contribution in [0.3, 0.4) is 0 Å². The van der Waals surface area contributed by atoms with Crippen molar-refractivity contribution in [1.82, 2.24) is 5.32 Å². The lowest BCUT2D eigenvalue weighted by Gasteiger charge is -2.12. The Hall–Kier alpha value is -1.42. The molecule has 88 valence electrons. The van der Waals surface area contributed by atoms with Gasteiger partial charge in [-0.05, 0) is 30.2 Å². The predicted octanol–water partition coefficient (Wildman–Crippen LogP) is 2.21. The molecule has 1 fully saturated rings. The summed E-state index contributed by atoms with van der Waals surface area (Å²) in [4.78, 5) is 10.9. The van der Waals surface area contributed by atoms with Crippen molar-refractivity contribution in [3.05, 3.63) is 29.3 Å². The van der Waals surface area contributed by atoms with E-state index in [0.717, 1.165) is 16.9 Å². The number of rotatable bonds is 2. The standard InChI is InChI=1S/C11H13NO3.ClH/c1-7-5-8(14-2)3-4-9(7)10-6-15-11(13)12-10;/h3-5,10H,6H2,1-2H3,(H,12,13);1H/t10-;/m0./s1. The van der Waals surface area contributed by atoms with E-state index in [1.165, 1.54) is 0 Å². The summed E-state index contributed by atoms with van der Waals surface area (Å²) in [6, 6.07) is 5.74. The van der Waals surface area contributed by atoms with Crippen molar-refractivity contribution in [2.75, 3.05) is 13.7 Å². The first-order chi connectivity index (χ1) is 7.20. The van der Waals surface area contributed by atoms with E-state index in [4.69, 9.17) is 9.47 Å². The van der Waals surface area contributed by atoms with E-state index in [2.05, 4.69) is 5.32 Å². The second-order valence-corrected chi connectivity index (χ2v) is 3.52. The molecule has 0 saturated carbocycles. The maximum Gasteiger partial charge on any atom is 0.407 e. The highest BCUT2D eigenvalue weighted by Gasteiger charge is 2.24. The molecule has 1 aliphatic heterocycles. The average Bonchev–Trinajstić information content (AvgIpc) is 2.64. The highest BCUT2D eigenvalue weighted by molar-refractivity contribution is 5.85. The van der Waals surface area contributed by atoms with E-state index >= 15 is 0 Å². The van der Waals surface area contributed by atoms with Crippen molar-refractivity contribution in [3.63, 3.8) is 0 Å². The number of methoxy groups -OCH3 is 1. The molecule has 1 aliphatic rings. The summed E-state index contributed by atoms with van der Waals surface area (Å²) in [7, 11) is 1.63. The molecule has 1 aromatic rings. The van der Waals surface area contributed by atoms with Crippen LogP contribution < -0.4 is 10.1 Å². The van der Waals surface area contributed by atoms with Crippen LogP contribution in [-0.4, -0.2) is 19.8 Å². The number of aryl methyl sites for hydroxylation is 1. The number of carbonyl (C=O) groups is 1. The number of hydrogen-bond acceptors (Lipinski definition) is 3. The summed E-state index contributed by atoms with van der Waals surface area (Å²) >= 11 is 0. The lowest BCUT2D eigenvalue weighted by Crippen LogP contribution is -2.19. The lowest BCUT2D eigenvalue weighted by atomic mass is 10.0. The van der Waals surface area contributed by atoms with Crippen LogP contribution in [-0.2, 0) is 4.74 Å². The first-order valence-electron chi connectivity index (χ1n) is 4.78. The van der Waals surface area contributed by atoms with E-state index in [0.29, 0.717) is 6.61 Å². The van der Waals surface area contributed by atoms with E-state index in [9.17, 15) is 4.79 Å². The zero-order chi connectivity index (χ0) is 10.8. The van der Waals surface area contributed by atoms with Crippen molar-refractivity contribution in [2.24, 2.45) is 0 Å². The minimum absolute atomic E-state index is 0. The molecule has 5 heteroatoms. The molecule has 4 nitrogen and oxygen atoms in total. The molecule has 0 aliphatic carbocycles. The van der Waals surface area contributed by atoms with Gasteiger partial charge in [-0.25, -0.2) is 4.79 Å². The SMILES string of the molecule is COc1ccc([C@@H]2COC(=O)N2)c(C)c1.Cl. The predicted molar refractivity (Wildman–Crippen MR) is 62.2 cm³/mol. The average molecular weight is 244 g/mol. The van der Waals surface area contributed by atoms with Crippen LogP contribution in [0.25, 0.3) is 0 Å². The number of carbonyl (C=O) groups excluding carboxylic acids is 1. The Bertz CT molecular complexity index is 395. The van der Waals surface area contributed by atoms with Gasteiger partial charge in [0.05, 0.1) is 13.2 Å². The summed E-state index contributed by atoms with van der Waals surface area (Å²) in [5.74, 6) is 0.821. The Morgan fingerprint density at radius 3 is 2.75 bits per heavy atom. The van der Waals surface area contributed by atoms with E-state index < -0.39 is 0 Å². The smallest absolute Gasteiger partial charge is 0.407 e.